The first-order valence-electron chi connectivity index (χ1n) is 10.1. The zero-order valence-electron chi connectivity index (χ0n) is 17.1. The van der Waals surface area contributed by atoms with Gasteiger partial charge in [-0.15, -0.1) is 0 Å². The smallest absolute Gasteiger partial charge is 0.258 e. The number of nitrogens with zero attached hydrogens (tertiary/aromatic N) is 6. The summed E-state index contributed by atoms with van der Waals surface area (Å²) in [5.41, 5.74) is 3.29. The molecule has 0 aliphatic carbocycles. The zero-order chi connectivity index (χ0) is 21.2. The van der Waals surface area contributed by atoms with Gasteiger partial charge in [0.25, 0.3) is 5.91 Å². The number of hydrogen-bond acceptors (Lipinski definition) is 7. The second-order valence-corrected chi connectivity index (χ2v) is 7.46. The minimum absolute atomic E-state index is 0.262. The average molecular weight is 414 g/mol. The van der Waals surface area contributed by atoms with Crippen molar-refractivity contribution in [2.75, 3.05) is 36.4 Å². The quantitative estimate of drug-likeness (QED) is 0.527. The van der Waals surface area contributed by atoms with Crippen LogP contribution in [0.1, 0.15) is 10.4 Å². The lowest BCUT2D eigenvalue weighted by Gasteiger charge is -2.28. The van der Waals surface area contributed by atoms with Crippen molar-refractivity contribution in [1.82, 2.24) is 30.0 Å². The van der Waals surface area contributed by atoms with Crippen LogP contribution in [-0.4, -0.2) is 56.8 Å². The SMILES string of the molecule is Cn1cc(-c2ccc3cnc(NC(=O)c4ccnc(N5CCNCC5)c4)nc3c2)cn1. The van der Waals surface area contributed by atoms with Crippen molar-refractivity contribution < 1.29 is 4.79 Å². The summed E-state index contributed by atoms with van der Waals surface area (Å²) in [5.74, 6) is 0.803. The van der Waals surface area contributed by atoms with Crippen LogP contribution in [-0.2, 0) is 7.05 Å². The number of pyridine rings is 1. The van der Waals surface area contributed by atoms with E-state index in [1.54, 1.807) is 23.1 Å². The van der Waals surface area contributed by atoms with E-state index in [1.165, 1.54) is 0 Å². The summed E-state index contributed by atoms with van der Waals surface area (Å²) in [4.78, 5) is 28.2. The van der Waals surface area contributed by atoms with Crippen molar-refractivity contribution in [3.63, 3.8) is 0 Å². The maximum absolute atomic E-state index is 12.8. The summed E-state index contributed by atoms with van der Waals surface area (Å²) in [6.45, 7) is 3.55. The Hall–Kier alpha value is -3.85. The van der Waals surface area contributed by atoms with Gasteiger partial charge >= 0.3 is 0 Å². The van der Waals surface area contributed by atoms with Gasteiger partial charge in [-0.25, -0.2) is 15.0 Å². The van der Waals surface area contributed by atoms with Crippen LogP contribution >= 0.6 is 0 Å². The van der Waals surface area contributed by atoms with E-state index in [1.807, 2.05) is 43.7 Å². The number of nitrogens with one attached hydrogen (secondary N) is 2. The van der Waals surface area contributed by atoms with Gasteiger partial charge in [0, 0.05) is 68.3 Å². The van der Waals surface area contributed by atoms with E-state index >= 15 is 0 Å². The molecule has 9 heteroatoms. The van der Waals surface area contributed by atoms with E-state index in [0.29, 0.717) is 5.56 Å². The van der Waals surface area contributed by atoms with Crippen LogP contribution in [0.5, 0.6) is 0 Å². The molecule has 4 aromatic rings. The van der Waals surface area contributed by atoms with Gasteiger partial charge in [-0.05, 0) is 23.8 Å². The highest BCUT2D eigenvalue weighted by molar-refractivity contribution is 6.04. The number of fused-ring (bicyclic) bond motifs is 1. The van der Waals surface area contributed by atoms with Crippen LogP contribution in [0, 0.1) is 0 Å². The summed E-state index contributed by atoms with van der Waals surface area (Å²) in [6, 6.07) is 9.45. The number of piperazine rings is 1. The summed E-state index contributed by atoms with van der Waals surface area (Å²) in [6.07, 6.45) is 7.13. The first-order chi connectivity index (χ1) is 15.2. The summed E-state index contributed by atoms with van der Waals surface area (Å²) in [5, 5.41) is 11.2. The average Bonchev–Trinajstić information content (AvgIpc) is 3.25. The van der Waals surface area contributed by atoms with Crippen LogP contribution < -0.4 is 15.5 Å². The van der Waals surface area contributed by atoms with E-state index in [4.69, 9.17) is 0 Å². The van der Waals surface area contributed by atoms with Gasteiger partial charge < -0.3 is 10.2 Å². The fourth-order valence-corrected chi connectivity index (χ4v) is 3.63. The van der Waals surface area contributed by atoms with Crippen LogP contribution in [0.3, 0.4) is 0 Å². The molecule has 9 nitrogen and oxygen atoms in total. The highest BCUT2D eigenvalue weighted by atomic mass is 16.1. The molecular formula is C22H22N8O. The van der Waals surface area contributed by atoms with Crippen molar-refractivity contribution in [1.29, 1.82) is 0 Å². The molecule has 4 heterocycles. The largest absolute Gasteiger partial charge is 0.354 e. The van der Waals surface area contributed by atoms with Gasteiger partial charge in [0.2, 0.25) is 5.95 Å². The Balaban J connectivity index is 1.37. The van der Waals surface area contributed by atoms with E-state index in [-0.39, 0.29) is 11.9 Å². The van der Waals surface area contributed by atoms with E-state index in [0.717, 1.165) is 54.0 Å². The lowest BCUT2D eigenvalue weighted by atomic mass is 10.1. The molecule has 0 unspecified atom stereocenters. The Bertz CT molecular complexity index is 1250. The van der Waals surface area contributed by atoms with Crippen molar-refractivity contribution in [2.45, 2.75) is 0 Å². The third-order valence-corrected chi connectivity index (χ3v) is 5.29. The number of aryl methyl sites for hydroxylation is 1. The number of carbonyl (C=O) groups is 1. The molecule has 0 radical (unpaired) electrons. The molecule has 0 saturated carbocycles. The van der Waals surface area contributed by atoms with Gasteiger partial charge in [0.15, 0.2) is 0 Å². The van der Waals surface area contributed by atoms with Crippen LogP contribution in [0.4, 0.5) is 11.8 Å². The molecule has 5 rings (SSSR count). The molecule has 1 aliphatic rings. The lowest BCUT2D eigenvalue weighted by Crippen LogP contribution is -2.43. The summed E-state index contributed by atoms with van der Waals surface area (Å²) >= 11 is 0. The number of aromatic nitrogens is 5. The zero-order valence-corrected chi connectivity index (χ0v) is 17.1. The molecule has 1 amide bonds. The third-order valence-electron chi connectivity index (χ3n) is 5.29. The first-order valence-corrected chi connectivity index (χ1v) is 10.1. The Kier molecular flexibility index (Phi) is 5.01. The molecule has 1 fully saturated rings. The van der Waals surface area contributed by atoms with Crippen molar-refractivity contribution in [2.24, 2.45) is 7.05 Å². The minimum atomic E-state index is -0.262. The number of hydrogen-bond donors (Lipinski definition) is 2. The topological polar surface area (TPSA) is 101 Å². The number of rotatable bonds is 4. The van der Waals surface area contributed by atoms with Crippen LogP contribution in [0.15, 0.2) is 55.1 Å². The van der Waals surface area contributed by atoms with Gasteiger partial charge in [0.1, 0.15) is 5.82 Å². The molecule has 0 spiro atoms. The molecule has 3 aromatic heterocycles. The van der Waals surface area contributed by atoms with Crippen LogP contribution in [0.25, 0.3) is 22.0 Å². The Morgan fingerprint density at radius 3 is 2.74 bits per heavy atom. The maximum Gasteiger partial charge on any atom is 0.258 e. The second-order valence-electron chi connectivity index (χ2n) is 7.46. The molecule has 156 valence electrons. The number of carbonyl (C=O) groups excluding carboxylic acids is 1. The predicted octanol–water partition coefficient (Wildman–Crippen LogP) is 2.09. The number of anilines is 2. The highest BCUT2D eigenvalue weighted by Crippen LogP contribution is 2.23. The van der Waals surface area contributed by atoms with E-state index in [9.17, 15) is 4.79 Å². The van der Waals surface area contributed by atoms with Crippen LogP contribution in [0.2, 0.25) is 0 Å². The van der Waals surface area contributed by atoms with Crippen molar-refractivity contribution in [3.05, 3.63) is 60.7 Å². The minimum Gasteiger partial charge on any atom is -0.354 e. The predicted molar refractivity (Wildman–Crippen MR) is 119 cm³/mol. The lowest BCUT2D eigenvalue weighted by molar-refractivity contribution is 0.102. The van der Waals surface area contributed by atoms with Gasteiger partial charge in [-0.3, -0.25) is 14.8 Å². The Morgan fingerprint density at radius 2 is 1.94 bits per heavy atom. The third kappa shape index (κ3) is 4.08. The van der Waals surface area contributed by atoms with Gasteiger partial charge in [0.05, 0.1) is 11.7 Å². The Labute approximate surface area is 179 Å². The molecule has 1 aromatic carbocycles. The van der Waals surface area contributed by atoms with Gasteiger partial charge in [-0.2, -0.15) is 5.10 Å². The fourth-order valence-electron chi connectivity index (χ4n) is 3.63. The highest BCUT2D eigenvalue weighted by Gasteiger charge is 2.15. The standard InChI is InChI=1S/C22H22N8O/c1-29-14-18(13-26-29)15-2-3-17-12-25-22(27-19(17)10-15)28-21(31)16-4-5-24-20(11-16)30-8-6-23-7-9-30/h2-5,10-14,23H,6-9H2,1H3,(H,25,27,28,31). The first kappa shape index (κ1) is 19.1. The fraction of sp³-hybridized carbons (Fsp3) is 0.227. The van der Waals surface area contributed by atoms with E-state index in [2.05, 4.69) is 35.6 Å². The Morgan fingerprint density at radius 1 is 1.06 bits per heavy atom. The monoisotopic (exact) mass is 414 g/mol. The molecule has 1 aliphatic heterocycles. The van der Waals surface area contributed by atoms with E-state index < -0.39 is 0 Å². The molecule has 1 saturated heterocycles. The normalized spacial score (nSPS) is 14.0. The van der Waals surface area contributed by atoms with Gasteiger partial charge in [-0.1, -0.05) is 12.1 Å². The summed E-state index contributed by atoms with van der Waals surface area (Å²) < 4.78 is 1.76. The molecular weight excluding hydrogens is 392 g/mol. The second kappa shape index (κ2) is 8.11. The summed E-state index contributed by atoms with van der Waals surface area (Å²) in [7, 11) is 1.88. The molecule has 0 atom stereocenters. The maximum atomic E-state index is 12.8. The number of amides is 1. The molecule has 31 heavy (non-hydrogen) atoms. The van der Waals surface area contributed by atoms with Crippen molar-refractivity contribution in [3.8, 4) is 11.1 Å². The molecule has 2 N–H and O–H groups in total. The number of benzene rings is 1. The molecule has 0 bridgehead atoms. The van der Waals surface area contributed by atoms with Crippen molar-refractivity contribution >= 4 is 28.6 Å².